The molecule has 2 heterocycles. The zero-order valence-electron chi connectivity index (χ0n) is 26.5. The molecule has 0 unspecified atom stereocenters. The summed E-state index contributed by atoms with van der Waals surface area (Å²) in [4.78, 5) is 0. The zero-order chi connectivity index (χ0) is 32.3. The van der Waals surface area contributed by atoms with Gasteiger partial charge in [-0.05, 0) is 87.1 Å². The highest BCUT2D eigenvalue weighted by Crippen LogP contribution is 2.43. The van der Waals surface area contributed by atoms with E-state index < -0.39 is 0 Å². The van der Waals surface area contributed by atoms with Crippen LogP contribution in [-0.4, -0.2) is 0 Å². The van der Waals surface area contributed by atoms with E-state index in [1.807, 2.05) is 12.1 Å². The fourth-order valence-corrected chi connectivity index (χ4v) is 7.43. The third kappa shape index (κ3) is 4.51. The molecule has 0 bridgehead atoms. The van der Waals surface area contributed by atoms with Crippen molar-refractivity contribution in [3.05, 3.63) is 170 Å². The molecule has 230 valence electrons. The van der Waals surface area contributed by atoms with Gasteiger partial charge in [-0.25, -0.2) is 0 Å². The Morgan fingerprint density at radius 1 is 0.327 bits per heavy atom. The van der Waals surface area contributed by atoms with Gasteiger partial charge in [0, 0.05) is 27.4 Å². The zero-order valence-corrected chi connectivity index (χ0v) is 26.5. The molecular formula is C46H29NO2. The Morgan fingerprint density at radius 2 is 0.898 bits per heavy atom. The van der Waals surface area contributed by atoms with E-state index in [-0.39, 0.29) is 0 Å². The largest absolute Gasteiger partial charge is 0.456 e. The number of furan rings is 2. The number of hydrogen-bond donors (Lipinski definition) is 1. The van der Waals surface area contributed by atoms with Gasteiger partial charge in [0.25, 0.3) is 0 Å². The molecule has 0 saturated heterocycles. The lowest BCUT2D eigenvalue weighted by atomic mass is 9.93. The summed E-state index contributed by atoms with van der Waals surface area (Å²) in [5.41, 5.74) is 12.5. The lowest BCUT2D eigenvalue weighted by Crippen LogP contribution is -1.94. The molecule has 0 saturated carbocycles. The molecule has 0 spiro atoms. The quantitative estimate of drug-likeness (QED) is 0.206. The molecule has 10 aromatic rings. The first kappa shape index (κ1) is 27.5. The number of benzene rings is 8. The Labute approximate surface area is 282 Å². The second-order valence-corrected chi connectivity index (χ2v) is 12.5. The summed E-state index contributed by atoms with van der Waals surface area (Å²) in [5.74, 6) is 0. The summed E-state index contributed by atoms with van der Waals surface area (Å²) in [6.07, 6.45) is 0. The third-order valence-electron chi connectivity index (χ3n) is 9.68. The van der Waals surface area contributed by atoms with Crippen molar-refractivity contribution in [2.45, 2.75) is 0 Å². The summed E-state index contributed by atoms with van der Waals surface area (Å²) in [7, 11) is 0. The molecule has 49 heavy (non-hydrogen) atoms. The number of fused-ring (bicyclic) bond motifs is 7. The van der Waals surface area contributed by atoms with Crippen molar-refractivity contribution in [3.8, 4) is 33.4 Å². The van der Waals surface area contributed by atoms with Gasteiger partial charge in [0.1, 0.15) is 22.3 Å². The van der Waals surface area contributed by atoms with Crippen molar-refractivity contribution < 1.29 is 8.83 Å². The van der Waals surface area contributed by atoms with Crippen LogP contribution >= 0.6 is 0 Å². The van der Waals surface area contributed by atoms with Crippen molar-refractivity contribution in [2.75, 3.05) is 5.32 Å². The van der Waals surface area contributed by atoms with Gasteiger partial charge < -0.3 is 14.2 Å². The highest BCUT2D eigenvalue weighted by atomic mass is 16.3. The molecule has 0 radical (unpaired) electrons. The van der Waals surface area contributed by atoms with Crippen molar-refractivity contribution >= 4 is 66.0 Å². The van der Waals surface area contributed by atoms with E-state index in [0.717, 1.165) is 77.5 Å². The first-order valence-corrected chi connectivity index (χ1v) is 16.6. The standard InChI is InChI=1S/C46H29NO2/c1-2-15-33-29(11-1)12-8-18-34(33)30-13-7-14-31(27-30)36-19-9-23-43-45(36)46-40(21-10-24-44(46)49-43)47-39-20-5-3-16-35(39)32-25-26-42-38(28-32)37-17-4-6-22-41(37)48-42/h1-28,47H. The maximum Gasteiger partial charge on any atom is 0.137 e. The van der Waals surface area contributed by atoms with E-state index in [4.69, 9.17) is 8.83 Å². The minimum Gasteiger partial charge on any atom is -0.456 e. The molecule has 0 aliphatic carbocycles. The van der Waals surface area contributed by atoms with Crippen molar-refractivity contribution in [2.24, 2.45) is 0 Å². The smallest absolute Gasteiger partial charge is 0.137 e. The third-order valence-corrected chi connectivity index (χ3v) is 9.68. The summed E-state index contributed by atoms with van der Waals surface area (Å²) < 4.78 is 12.6. The van der Waals surface area contributed by atoms with E-state index in [2.05, 4.69) is 163 Å². The Balaban J connectivity index is 1.11. The summed E-state index contributed by atoms with van der Waals surface area (Å²) in [5, 5.41) is 10.7. The lowest BCUT2D eigenvalue weighted by molar-refractivity contribution is 0.668. The highest BCUT2D eigenvalue weighted by Gasteiger charge is 2.18. The van der Waals surface area contributed by atoms with Gasteiger partial charge in [0.15, 0.2) is 0 Å². The molecule has 0 aliphatic heterocycles. The Bertz CT molecular complexity index is 2870. The molecule has 0 aliphatic rings. The minimum absolute atomic E-state index is 0.849. The van der Waals surface area contributed by atoms with E-state index in [9.17, 15) is 0 Å². The van der Waals surface area contributed by atoms with Crippen molar-refractivity contribution in [1.82, 2.24) is 0 Å². The molecular weight excluding hydrogens is 599 g/mol. The van der Waals surface area contributed by atoms with Crippen LogP contribution in [0.3, 0.4) is 0 Å². The summed E-state index contributed by atoms with van der Waals surface area (Å²) in [6, 6.07) is 59.7. The van der Waals surface area contributed by atoms with Crippen LogP contribution in [0.25, 0.3) is 88.0 Å². The molecule has 0 atom stereocenters. The topological polar surface area (TPSA) is 38.3 Å². The van der Waals surface area contributed by atoms with E-state index >= 15 is 0 Å². The van der Waals surface area contributed by atoms with Gasteiger partial charge in [-0.2, -0.15) is 0 Å². The van der Waals surface area contributed by atoms with Gasteiger partial charge in [0.05, 0.1) is 11.1 Å². The molecule has 8 aromatic carbocycles. The second kappa shape index (κ2) is 11.0. The Morgan fingerprint density at radius 3 is 1.84 bits per heavy atom. The van der Waals surface area contributed by atoms with Gasteiger partial charge in [0.2, 0.25) is 0 Å². The van der Waals surface area contributed by atoms with E-state index in [1.54, 1.807) is 0 Å². The predicted molar refractivity (Wildman–Crippen MR) is 205 cm³/mol. The molecule has 3 heteroatoms. The van der Waals surface area contributed by atoms with E-state index in [0.29, 0.717) is 0 Å². The second-order valence-electron chi connectivity index (χ2n) is 12.5. The van der Waals surface area contributed by atoms with Crippen LogP contribution in [0.5, 0.6) is 0 Å². The maximum absolute atomic E-state index is 6.51. The maximum atomic E-state index is 6.51. The monoisotopic (exact) mass is 627 g/mol. The SMILES string of the molecule is c1cc(-c2cccc3ccccc23)cc(-c2cccc3oc4cccc(Nc5ccccc5-c5ccc6oc7ccccc7c6c5)c4c23)c1. The fraction of sp³-hybridized carbons (Fsp3) is 0. The fourth-order valence-electron chi connectivity index (χ4n) is 7.43. The molecule has 2 aromatic heterocycles. The van der Waals surface area contributed by atoms with Crippen LogP contribution in [0.4, 0.5) is 11.4 Å². The average molecular weight is 628 g/mol. The molecule has 3 nitrogen and oxygen atoms in total. The normalized spacial score (nSPS) is 11.7. The van der Waals surface area contributed by atoms with Crippen LogP contribution in [0.1, 0.15) is 0 Å². The number of nitrogens with one attached hydrogen (secondary N) is 1. The molecule has 0 amide bonds. The molecule has 10 rings (SSSR count). The predicted octanol–water partition coefficient (Wildman–Crippen LogP) is 13.4. The highest BCUT2D eigenvalue weighted by molar-refractivity contribution is 6.18. The van der Waals surface area contributed by atoms with Crippen LogP contribution in [-0.2, 0) is 0 Å². The number of hydrogen-bond acceptors (Lipinski definition) is 3. The Kier molecular flexibility index (Phi) is 6.18. The number of rotatable bonds is 5. The van der Waals surface area contributed by atoms with Crippen LogP contribution in [0.15, 0.2) is 179 Å². The number of para-hydroxylation sites is 2. The van der Waals surface area contributed by atoms with Gasteiger partial charge >= 0.3 is 0 Å². The van der Waals surface area contributed by atoms with Gasteiger partial charge in [-0.1, -0.05) is 121 Å². The van der Waals surface area contributed by atoms with Crippen LogP contribution in [0, 0.1) is 0 Å². The molecule has 0 fully saturated rings. The van der Waals surface area contributed by atoms with Crippen molar-refractivity contribution in [3.63, 3.8) is 0 Å². The van der Waals surface area contributed by atoms with Crippen LogP contribution < -0.4 is 5.32 Å². The van der Waals surface area contributed by atoms with Gasteiger partial charge in [-0.3, -0.25) is 0 Å². The number of anilines is 2. The average Bonchev–Trinajstić information content (AvgIpc) is 3.74. The Hall–Kier alpha value is -6.58. The first-order valence-electron chi connectivity index (χ1n) is 16.6. The summed E-state index contributed by atoms with van der Waals surface area (Å²) >= 11 is 0. The van der Waals surface area contributed by atoms with Crippen LogP contribution in [0.2, 0.25) is 0 Å². The minimum atomic E-state index is 0.849. The lowest BCUT2D eigenvalue weighted by Gasteiger charge is -2.14. The van der Waals surface area contributed by atoms with Gasteiger partial charge in [-0.15, -0.1) is 0 Å². The first-order chi connectivity index (χ1) is 24.3. The molecule has 1 N–H and O–H groups in total. The van der Waals surface area contributed by atoms with E-state index in [1.165, 1.54) is 21.9 Å². The van der Waals surface area contributed by atoms with Crippen molar-refractivity contribution in [1.29, 1.82) is 0 Å². The summed E-state index contributed by atoms with van der Waals surface area (Å²) in [6.45, 7) is 0.